The van der Waals surface area contributed by atoms with E-state index in [1.807, 2.05) is 10.9 Å². The second-order valence-corrected chi connectivity index (χ2v) is 7.48. The molecule has 0 saturated heterocycles. The Morgan fingerprint density at radius 2 is 1.37 bits per heavy atom. The van der Waals surface area contributed by atoms with Crippen LogP contribution in [-0.2, 0) is 4.79 Å². The molecular weight excluding hydrogens is 382 g/mol. The van der Waals surface area contributed by atoms with Crippen molar-refractivity contribution >= 4 is 18.0 Å². The van der Waals surface area contributed by atoms with E-state index in [9.17, 15) is 14.4 Å². The number of rotatable bonds is 17. The predicted octanol–water partition coefficient (Wildman–Crippen LogP) is 4.13. The molecule has 0 rings (SSSR count). The average Bonchev–Trinajstić information content (AvgIpc) is 2.70. The Bertz CT molecular complexity index is 535. The quantitative estimate of drug-likeness (QED) is 0.136. The molecule has 0 aromatic heterocycles. The van der Waals surface area contributed by atoms with E-state index in [1.54, 1.807) is 6.08 Å². The first kappa shape index (κ1) is 27.5. The third-order valence-corrected chi connectivity index (χ3v) is 4.73. The summed E-state index contributed by atoms with van der Waals surface area (Å²) in [5.41, 5.74) is 14.2. The van der Waals surface area contributed by atoms with E-state index in [-0.39, 0.29) is 0 Å². The van der Waals surface area contributed by atoms with Gasteiger partial charge in [-0.15, -0.1) is 0 Å². The monoisotopic (exact) mass is 423 g/mol. The molecule has 172 valence electrons. The molecule has 0 aliphatic heterocycles. The number of amides is 5. The molecule has 1 atom stereocenters. The second-order valence-electron chi connectivity index (χ2n) is 7.48. The number of primary amides is 2. The minimum Gasteiger partial charge on any atom is -0.369 e. The maximum Gasteiger partial charge on any atom is 0.337 e. The number of hydrazine groups is 1. The first-order valence-electron chi connectivity index (χ1n) is 11.2. The number of carbonyl (C=O) groups is 3. The van der Waals surface area contributed by atoms with Gasteiger partial charge in [-0.2, -0.15) is 0 Å². The summed E-state index contributed by atoms with van der Waals surface area (Å²) in [5.74, 6) is -0.868. The maximum atomic E-state index is 11.5. The number of urea groups is 2. The van der Waals surface area contributed by atoms with Crippen LogP contribution in [0.4, 0.5) is 9.59 Å². The fraction of sp³-hybridized carbons (Fsp3) is 0.682. The molecule has 0 aromatic rings. The molecular formula is C22H41N5O3. The zero-order valence-corrected chi connectivity index (χ0v) is 18.5. The molecule has 0 bridgehead atoms. The van der Waals surface area contributed by atoms with Crippen LogP contribution in [0, 0.1) is 5.92 Å². The normalized spacial score (nSPS) is 12.2. The fourth-order valence-corrected chi connectivity index (χ4v) is 2.99. The molecule has 0 heterocycles. The Balaban J connectivity index is 3.73. The van der Waals surface area contributed by atoms with Crippen LogP contribution >= 0.6 is 0 Å². The number of unbranched alkanes of at least 4 members (excludes halogenated alkanes) is 10. The number of hydrogen-bond donors (Lipinski definition) is 5. The first-order chi connectivity index (χ1) is 14.5. The largest absolute Gasteiger partial charge is 0.369 e. The molecule has 0 radical (unpaired) electrons. The average molecular weight is 424 g/mol. The molecule has 0 fully saturated rings. The number of nitrogens with one attached hydrogen (secondary N) is 3. The Morgan fingerprint density at radius 3 is 1.93 bits per heavy atom. The third-order valence-electron chi connectivity index (χ3n) is 4.73. The lowest BCUT2D eigenvalue weighted by Gasteiger charge is -2.09. The van der Waals surface area contributed by atoms with Gasteiger partial charge in [0.15, 0.2) is 0 Å². The summed E-state index contributed by atoms with van der Waals surface area (Å²) >= 11 is 0. The lowest BCUT2D eigenvalue weighted by molar-refractivity contribution is -0.120. The third kappa shape index (κ3) is 18.8. The van der Waals surface area contributed by atoms with Crippen molar-refractivity contribution in [1.82, 2.24) is 16.2 Å². The lowest BCUT2D eigenvalue weighted by atomic mass is 9.99. The highest BCUT2D eigenvalue weighted by Crippen LogP contribution is 2.13. The van der Waals surface area contributed by atoms with Crippen LogP contribution in [0.15, 0.2) is 24.4 Å². The Morgan fingerprint density at radius 1 is 0.800 bits per heavy atom. The summed E-state index contributed by atoms with van der Waals surface area (Å²) in [6.07, 6.45) is 22.6. The molecule has 5 amide bonds. The molecule has 0 aliphatic rings. The van der Waals surface area contributed by atoms with Gasteiger partial charge in [0.1, 0.15) is 0 Å². The van der Waals surface area contributed by atoms with E-state index in [4.69, 9.17) is 11.5 Å². The van der Waals surface area contributed by atoms with Gasteiger partial charge in [0, 0.05) is 6.20 Å². The van der Waals surface area contributed by atoms with Gasteiger partial charge in [-0.1, -0.05) is 76.5 Å². The maximum absolute atomic E-state index is 11.5. The fourth-order valence-electron chi connectivity index (χ4n) is 2.99. The number of nitrogens with two attached hydrogens (primary N) is 2. The van der Waals surface area contributed by atoms with E-state index in [0.717, 1.165) is 32.1 Å². The highest BCUT2D eigenvalue weighted by atomic mass is 16.2. The van der Waals surface area contributed by atoms with E-state index in [0.29, 0.717) is 6.42 Å². The van der Waals surface area contributed by atoms with E-state index >= 15 is 0 Å². The second kappa shape index (κ2) is 19.8. The van der Waals surface area contributed by atoms with Crippen LogP contribution in [0.2, 0.25) is 0 Å². The summed E-state index contributed by atoms with van der Waals surface area (Å²) in [6.45, 7) is 2.24. The van der Waals surface area contributed by atoms with Gasteiger partial charge in [0.05, 0.1) is 5.92 Å². The first-order valence-corrected chi connectivity index (χ1v) is 11.2. The zero-order valence-electron chi connectivity index (χ0n) is 18.5. The lowest BCUT2D eigenvalue weighted by Crippen LogP contribution is -2.47. The van der Waals surface area contributed by atoms with Gasteiger partial charge in [0.25, 0.3) is 0 Å². The SMILES string of the molecule is CCCCCCCC/C=C\CCCCCCC(C=CNC(=O)NNC(N)=O)C(N)=O. The van der Waals surface area contributed by atoms with Crippen molar-refractivity contribution < 1.29 is 14.4 Å². The number of hydrogen-bond acceptors (Lipinski definition) is 3. The summed E-state index contributed by atoms with van der Waals surface area (Å²) in [5, 5.41) is 2.36. The molecule has 0 aliphatic carbocycles. The van der Waals surface area contributed by atoms with Gasteiger partial charge in [-0.05, 0) is 32.1 Å². The standard InChI is InChI=1S/C22H41N5O3/c1-2-3-4-5-6-7-8-9-10-11-12-13-14-15-16-19(20(23)28)17-18-25-22(30)27-26-21(24)29/h9-10,17-19H,2-8,11-16H2,1H3,(H2,23,28)(H3,24,26,29)(H2,25,27,30)/b10-9-,18-17?. The van der Waals surface area contributed by atoms with Crippen LogP contribution in [0.5, 0.6) is 0 Å². The Hall–Kier alpha value is -2.51. The minimum atomic E-state index is -0.877. The van der Waals surface area contributed by atoms with Crippen LogP contribution in [0.3, 0.4) is 0 Å². The smallest absolute Gasteiger partial charge is 0.337 e. The number of carbonyl (C=O) groups excluding carboxylic acids is 3. The number of allylic oxidation sites excluding steroid dienone is 2. The summed E-state index contributed by atoms with van der Waals surface area (Å²) in [6, 6.07) is -1.55. The molecule has 1 unspecified atom stereocenters. The Labute approximate surface area is 181 Å². The molecule has 0 aromatic carbocycles. The van der Waals surface area contributed by atoms with Crippen molar-refractivity contribution in [1.29, 1.82) is 0 Å². The van der Waals surface area contributed by atoms with Crippen LogP contribution in [-0.4, -0.2) is 18.0 Å². The highest BCUT2D eigenvalue weighted by Gasteiger charge is 2.11. The van der Waals surface area contributed by atoms with Crippen molar-refractivity contribution in [2.24, 2.45) is 17.4 Å². The van der Waals surface area contributed by atoms with Crippen molar-refractivity contribution in [2.75, 3.05) is 0 Å². The highest BCUT2D eigenvalue weighted by molar-refractivity contribution is 5.80. The summed E-state index contributed by atoms with van der Waals surface area (Å²) < 4.78 is 0. The van der Waals surface area contributed by atoms with E-state index < -0.39 is 23.9 Å². The van der Waals surface area contributed by atoms with Gasteiger partial charge >= 0.3 is 12.1 Å². The van der Waals surface area contributed by atoms with Crippen molar-refractivity contribution in [3.63, 3.8) is 0 Å². The van der Waals surface area contributed by atoms with E-state index in [1.165, 1.54) is 51.1 Å². The minimum absolute atomic E-state index is 0.429. The van der Waals surface area contributed by atoms with Crippen molar-refractivity contribution in [3.8, 4) is 0 Å². The molecule has 8 heteroatoms. The van der Waals surface area contributed by atoms with Crippen LogP contribution < -0.4 is 27.6 Å². The molecule has 8 nitrogen and oxygen atoms in total. The Kier molecular flexibility index (Phi) is 18.1. The van der Waals surface area contributed by atoms with Crippen LogP contribution in [0.1, 0.15) is 90.4 Å². The molecule has 7 N–H and O–H groups in total. The molecule has 0 spiro atoms. The van der Waals surface area contributed by atoms with Crippen molar-refractivity contribution in [2.45, 2.75) is 90.4 Å². The van der Waals surface area contributed by atoms with Gasteiger partial charge in [-0.25, -0.2) is 20.4 Å². The predicted molar refractivity (Wildman–Crippen MR) is 121 cm³/mol. The zero-order chi connectivity index (χ0) is 22.5. The topological polar surface area (TPSA) is 139 Å². The van der Waals surface area contributed by atoms with Crippen molar-refractivity contribution in [3.05, 3.63) is 24.4 Å². The summed E-state index contributed by atoms with van der Waals surface area (Å²) in [7, 11) is 0. The van der Waals surface area contributed by atoms with Gasteiger partial charge in [0.2, 0.25) is 5.91 Å². The van der Waals surface area contributed by atoms with E-state index in [2.05, 4.69) is 24.4 Å². The summed E-state index contributed by atoms with van der Waals surface area (Å²) in [4.78, 5) is 33.3. The molecule has 0 saturated carbocycles. The van der Waals surface area contributed by atoms with Gasteiger partial charge < -0.3 is 16.8 Å². The molecule has 30 heavy (non-hydrogen) atoms. The van der Waals surface area contributed by atoms with Crippen LogP contribution in [0.25, 0.3) is 0 Å². The van der Waals surface area contributed by atoms with Gasteiger partial charge in [-0.3, -0.25) is 4.79 Å².